The molecule has 0 unspecified atom stereocenters. The Kier molecular flexibility index (Phi) is 2.81. The van der Waals surface area contributed by atoms with E-state index in [1.54, 1.807) is 0 Å². The highest BCUT2D eigenvalue weighted by Gasteiger charge is 2.06. The largest absolute Gasteiger partial charge is 0.261 e. The maximum atomic E-state index is 4.52. The van der Waals surface area contributed by atoms with Crippen LogP contribution in [0.3, 0.4) is 0 Å². The van der Waals surface area contributed by atoms with Gasteiger partial charge >= 0.3 is 0 Å². The van der Waals surface area contributed by atoms with Crippen LogP contribution in [0.1, 0.15) is 19.8 Å². The summed E-state index contributed by atoms with van der Waals surface area (Å²) in [7, 11) is 0. The van der Waals surface area contributed by atoms with Crippen LogP contribution in [0.2, 0.25) is 0 Å². The fourth-order valence-electron chi connectivity index (χ4n) is 2.10. The number of hydrogen-bond donors (Lipinski definition) is 1. The summed E-state index contributed by atoms with van der Waals surface area (Å²) < 4.78 is 0. The molecule has 3 nitrogen and oxygen atoms in total. The topological polar surface area (TPSA) is 37.3 Å². The summed E-state index contributed by atoms with van der Waals surface area (Å²) in [5.74, 6) is 0.791. The number of pyridine rings is 1. The lowest BCUT2D eigenvalue weighted by Crippen LogP contribution is -1.97. The van der Waals surface area contributed by atoms with E-state index in [1.165, 1.54) is 5.57 Å². The van der Waals surface area contributed by atoms with Gasteiger partial charge in [-0.15, -0.1) is 0 Å². The van der Waals surface area contributed by atoms with Crippen molar-refractivity contribution in [3.63, 3.8) is 0 Å². The third-order valence-corrected chi connectivity index (χ3v) is 3.10. The van der Waals surface area contributed by atoms with Crippen LogP contribution in [-0.4, -0.2) is 10.7 Å². The highest BCUT2D eigenvalue weighted by molar-refractivity contribution is 5.98. The van der Waals surface area contributed by atoms with Gasteiger partial charge in [0.2, 0.25) is 0 Å². The molecule has 1 aliphatic carbocycles. The fourth-order valence-corrected chi connectivity index (χ4v) is 2.10. The van der Waals surface area contributed by atoms with E-state index in [9.17, 15) is 0 Å². The molecular formula is C15H15N3. The summed E-state index contributed by atoms with van der Waals surface area (Å²) in [5.41, 5.74) is 6.51. The van der Waals surface area contributed by atoms with E-state index >= 15 is 0 Å². The number of para-hydroxylation sites is 1. The van der Waals surface area contributed by atoms with Gasteiger partial charge in [-0.25, -0.2) is 4.98 Å². The number of benzene rings is 1. The van der Waals surface area contributed by atoms with Gasteiger partial charge in [0, 0.05) is 5.39 Å². The van der Waals surface area contributed by atoms with Crippen LogP contribution in [0.15, 0.2) is 53.1 Å². The zero-order chi connectivity index (χ0) is 12.4. The van der Waals surface area contributed by atoms with Crippen LogP contribution in [-0.2, 0) is 0 Å². The Hall–Kier alpha value is -2.16. The molecule has 0 spiro atoms. The molecule has 0 amide bonds. The smallest absolute Gasteiger partial charge is 0.146 e. The van der Waals surface area contributed by atoms with Gasteiger partial charge in [0.1, 0.15) is 5.82 Å². The van der Waals surface area contributed by atoms with Gasteiger partial charge in [-0.1, -0.05) is 23.8 Å². The molecule has 1 aromatic heterocycles. The summed E-state index contributed by atoms with van der Waals surface area (Å²) in [5, 5.41) is 5.52. The van der Waals surface area contributed by atoms with Crippen molar-refractivity contribution in [2.45, 2.75) is 19.8 Å². The first-order chi connectivity index (χ1) is 8.81. The molecule has 3 heteroatoms. The zero-order valence-electron chi connectivity index (χ0n) is 10.4. The van der Waals surface area contributed by atoms with Crippen molar-refractivity contribution < 1.29 is 0 Å². The van der Waals surface area contributed by atoms with Crippen LogP contribution in [0.5, 0.6) is 0 Å². The first kappa shape index (κ1) is 11.0. The third kappa shape index (κ3) is 2.25. The molecule has 0 fully saturated rings. The van der Waals surface area contributed by atoms with Crippen molar-refractivity contribution in [2.24, 2.45) is 5.10 Å². The van der Waals surface area contributed by atoms with Gasteiger partial charge in [0.05, 0.1) is 11.2 Å². The Labute approximate surface area is 106 Å². The van der Waals surface area contributed by atoms with E-state index in [0.29, 0.717) is 0 Å². The zero-order valence-corrected chi connectivity index (χ0v) is 10.4. The predicted molar refractivity (Wildman–Crippen MR) is 75.8 cm³/mol. The number of hydrogen-bond acceptors (Lipinski definition) is 3. The quantitative estimate of drug-likeness (QED) is 0.808. The number of nitrogens with zero attached hydrogens (tertiary/aromatic N) is 2. The summed E-state index contributed by atoms with van der Waals surface area (Å²) in [4.78, 5) is 4.52. The molecule has 2 aromatic rings. The Bertz CT molecular complexity index is 641. The molecule has 1 heterocycles. The second kappa shape index (κ2) is 4.61. The van der Waals surface area contributed by atoms with Crippen LogP contribution >= 0.6 is 0 Å². The molecule has 1 aliphatic rings. The standard InChI is InChI=1S/C15H15N3/c1-11-6-8-13(10-11)17-18-15-9-7-12-4-2-3-5-14(12)16-15/h2-5,7,9-10H,6,8H2,1H3,(H,16,18)/b17-13-. The molecule has 18 heavy (non-hydrogen) atoms. The van der Waals surface area contributed by atoms with Gasteiger partial charge in [0.15, 0.2) is 0 Å². The van der Waals surface area contributed by atoms with Crippen molar-refractivity contribution in [3.05, 3.63) is 48.0 Å². The molecule has 0 bridgehead atoms. The van der Waals surface area contributed by atoms with Gasteiger partial charge in [0.25, 0.3) is 0 Å². The van der Waals surface area contributed by atoms with Crippen molar-refractivity contribution >= 4 is 22.4 Å². The number of hydrazone groups is 1. The molecule has 1 N–H and O–H groups in total. The maximum absolute atomic E-state index is 4.52. The van der Waals surface area contributed by atoms with Crippen LogP contribution in [0, 0.1) is 0 Å². The molecule has 0 saturated heterocycles. The lowest BCUT2D eigenvalue weighted by molar-refractivity contribution is 1.05. The molecule has 0 radical (unpaired) electrons. The second-order valence-electron chi connectivity index (χ2n) is 4.59. The third-order valence-electron chi connectivity index (χ3n) is 3.10. The summed E-state index contributed by atoms with van der Waals surface area (Å²) >= 11 is 0. The van der Waals surface area contributed by atoms with Crippen molar-refractivity contribution in [2.75, 3.05) is 5.43 Å². The van der Waals surface area contributed by atoms with E-state index in [-0.39, 0.29) is 0 Å². The van der Waals surface area contributed by atoms with E-state index in [4.69, 9.17) is 0 Å². The number of aromatic nitrogens is 1. The lowest BCUT2D eigenvalue weighted by Gasteiger charge is -2.02. The van der Waals surface area contributed by atoms with Crippen LogP contribution in [0.4, 0.5) is 5.82 Å². The number of allylic oxidation sites excluding steroid dienone is 2. The van der Waals surface area contributed by atoms with Crippen molar-refractivity contribution in [1.29, 1.82) is 0 Å². The molecule has 90 valence electrons. The average Bonchev–Trinajstić information content (AvgIpc) is 2.82. The highest BCUT2D eigenvalue weighted by atomic mass is 15.3. The average molecular weight is 237 g/mol. The molecule has 0 aliphatic heterocycles. The Morgan fingerprint density at radius 3 is 2.83 bits per heavy atom. The maximum Gasteiger partial charge on any atom is 0.146 e. The monoisotopic (exact) mass is 237 g/mol. The molecule has 0 saturated carbocycles. The predicted octanol–water partition coefficient (Wildman–Crippen LogP) is 3.74. The highest BCUT2D eigenvalue weighted by Crippen LogP contribution is 2.17. The summed E-state index contributed by atoms with van der Waals surface area (Å²) in [6, 6.07) is 12.1. The minimum absolute atomic E-state index is 0.791. The van der Waals surface area contributed by atoms with E-state index < -0.39 is 0 Å². The van der Waals surface area contributed by atoms with Gasteiger partial charge in [-0.3, -0.25) is 5.43 Å². The minimum Gasteiger partial charge on any atom is -0.261 e. The summed E-state index contributed by atoms with van der Waals surface area (Å²) in [6.07, 6.45) is 4.27. The van der Waals surface area contributed by atoms with E-state index in [2.05, 4.69) is 40.6 Å². The first-order valence-electron chi connectivity index (χ1n) is 6.17. The minimum atomic E-state index is 0.791. The SMILES string of the molecule is CC1=C/C(=N\Nc2ccc3ccccc3n2)CC1. The fraction of sp³-hybridized carbons (Fsp3) is 0.200. The van der Waals surface area contributed by atoms with Crippen LogP contribution in [0.25, 0.3) is 10.9 Å². The van der Waals surface area contributed by atoms with E-state index in [0.717, 1.165) is 35.3 Å². The second-order valence-corrected chi connectivity index (χ2v) is 4.59. The van der Waals surface area contributed by atoms with Gasteiger partial charge in [-0.2, -0.15) is 5.10 Å². The molecule has 3 rings (SSSR count). The number of fused-ring (bicyclic) bond motifs is 1. The summed E-state index contributed by atoms with van der Waals surface area (Å²) in [6.45, 7) is 2.14. The Morgan fingerprint density at radius 1 is 1.11 bits per heavy atom. The van der Waals surface area contributed by atoms with Crippen molar-refractivity contribution in [1.82, 2.24) is 4.98 Å². The first-order valence-corrected chi connectivity index (χ1v) is 6.17. The van der Waals surface area contributed by atoms with Crippen LogP contribution < -0.4 is 5.43 Å². The molecular weight excluding hydrogens is 222 g/mol. The molecule has 0 atom stereocenters. The van der Waals surface area contributed by atoms with E-state index in [1.807, 2.05) is 24.3 Å². The van der Waals surface area contributed by atoms with Gasteiger partial charge < -0.3 is 0 Å². The number of anilines is 1. The Morgan fingerprint density at radius 2 is 2.00 bits per heavy atom. The normalized spacial score (nSPS) is 17.2. The lowest BCUT2D eigenvalue weighted by atomic mass is 10.2. The Balaban J connectivity index is 1.83. The number of rotatable bonds is 2. The number of nitrogens with one attached hydrogen (secondary N) is 1. The van der Waals surface area contributed by atoms with Gasteiger partial charge in [-0.05, 0) is 44.0 Å². The molecule has 1 aromatic carbocycles. The van der Waals surface area contributed by atoms with Crippen molar-refractivity contribution in [3.8, 4) is 0 Å².